The van der Waals surface area contributed by atoms with Gasteiger partial charge in [0.15, 0.2) is 0 Å². The predicted molar refractivity (Wildman–Crippen MR) is 75.9 cm³/mol. The largest absolute Gasteiger partial charge is 0.488 e. The molecule has 0 radical (unpaired) electrons. The van der Waals surface area contributed by atoms with Crippen LogP contribution in [0.5, 0.6) is 5.75 Å². The lowest BCUT2D eigenvalue weighted by Gasteiger charge is -2.10. The first-order valence-electron chi connectivity index (χ1n) is 6.14. The highest BCUT2D eigenvalue weighted by Crippen LogP contribution is 2.20. The molecule has 2 aromatic rings. The van der Waals surface area contributed by atoms with Gasteiger partial charge in [0.2, 0.25) is 0 Å². The number of nitriles is 1. The van der Waals surface area contributed by atoms with Crippen molar-refractivity contribution < 1.29 is 9.94 Å². The maximum absolute atomic E-state index is 8.86. The molecule has 0 aliphatic carbocycles. The van der Waals surface area contributed by atoms with Crippen LogP contribution in [0, 0.1) is 11.3 Å². The highest BCUT2D eigenvalue weighted by Gasteiger charge is 2.07. The van der Waals surface area contributed by atoms with Gasteiger partial charge in [0, 0.05) is 5.56 Å². The molecule has 0 saturated carbocycles. The van der Waals surface area contributed by atoms with E-state index in [9.17, 15) is 0 Å². The minimum atomic E-state index is 0.352. The number of ether oxygens (including phenoxy) is 1. The highest BCUT2D eigenvalue weighted by molar-refractivity contribution is 6.00. The van der Waals surface area contributed by atoms with Crippen LogP contribution in [0.4, 0.5) is 0 Å². The van der Waals surface area contributed by atoms with E-state index in [1.807, 2.05) is 36.4 Å². The van der Waals surface area contributed by atoms with Gasteiger partial charge in [0.1, 0.15) is 12.4 Å². The molecule has 20 heavy (non-hydrogen) atoms. The number of oxime groups is 1. The van der Waals surface area contributed by atoms with Crippen LogP contribution in [0.3, 0.4) is 0 Å². The second-order valence-corrected chi connectivity index (χ2v) is 4.28. The van der Waals surface area contributed by atoms with Crippen LogP contribution in [0.15, 0.2) is 53.7 Å². The minimum Gasteiger partial charge on any atom is -0.488 e. The Morgan fingerprint density at radius 3 is 2.80 bits per heavy atom. The smallest absolute Gasteiger partial charge is 0.128 e. The molecule has 1 N–H and O–H groups in total. The van der Waals surface area contributed by atoms with Crippen molar-refractivity contribution in [2.45, 2.75) is 13.5 Å². The summed E-state index contributed by atoms with van der Waals surface area (Å²) in [5.74, 6) is 0.644. The molecular formula is C16H14N2O2. The van der Waals surface area contributed by atoms with Gasteiger partial charge >= 0.3 is 0 Å². The van der Waals surface area contributed by atoms with Crippen LogP contribution in [0.25, 0.3) is 0 Å². The summed E-state index contributed by atoms with van der Waals surface area (Å²) in [6.07, 6.45) is 0. The number of hydrogen-bond donors (Lipinski definition) is 1. The molecule has 0 aromatic heterocycles. The van der Waals surface area contributed by atoms with Gasteiger partial charge in [-0.25, -0.2) is 0 Å². The third-order valence-electron chi connectivity index (χ3n) is 2.88. The summed E-state index contributed by atoms with van der Waals surface area (Å²) in [5.41, 5.74) is 2.75. The fraction of sp³-hybridized carbons (Fsp3) is 0.125. The van der Waals surface area contributed by atoms with E-state index in [1.165, 1.54) is 0 Å². The second-order valence-electron chi connectivity index (χ2n) is 4.28. The Labute approximate surface area is 117 Å². The molecule has 4 heteroatoms. The number of rotatable bonds is 4. The quantitative estimate of drug-likeness (QED) is 0.524. The van der Waals surface area contributed by atoms with Crippen molar-refractivity contribution in [2.75, 3.05) is 0 Å². The molecule has 0 fully saturated rings. The molecule has 0 spiro atoms. The summed E-state index contributed by atoms with van der Waals surface area (Å²) in [5, 5.41) is 20.9. The lowest BCUT2D eigenvalue weighted by atomic mass is 10.1. The lowest BCUT2D eigenvalue weighted by molar-refractivity contribution is 0.303. The van der Waals surface area contributed by atoms with Crippen molar-refractivity contribution in [3.05, 3.63) is 65.2 Å². The molecule has 0 heterocycles. The zero-order valence-corrected chi connectivity index (χ0v) is 11.1. The van der Waals surface area contributed by atoms with Crippen LogP contribution in [-0.2, 0) is 6.61 Å². The third kappa shape index (κ3) is 3.15. The van der Waals surface area contributed by atoms with Crippen molar-refractivity contribution in [3.63, 3.8) is 0 Å². The van der Waals surface area contributed by atoms with E-state index < -0.39 is 0 Å². The molecule has 0 atom stereocenters. The average Bonchev–Trinajstić information content (AvgIpc) is 2.52. The van der Waals surface area contributed by atoms with E-state index in [-0.39, 0.29) is 0 Å². The Kier molecular flexibility index (Phi) is 4.35. The summed E-state index contributed by atoms with van der Waals surface area (Å²) >= 11 is 0. The molecular weight excluding hydrogens is 252 g/mol. The Hall–Kier alpha value is -2.80. The maximum Gasteiger partial charge on any atom is 0.128 e. The number of para-hydroxylation sites is 1. The van der Waals surface area contributed by atoms with Crippen molar-refractivity contribution in [1.82, 2.24) is 0 Å². The van der Waals surface area contributed by atoms with E-state index in [0.717, 1.165) is 11.1 Å². The monoisotopic (exact) mass is 266 g/mol. The molecule has 0 bridgehead atoms. The summed E-state index contributed by atoms with van der Waals surface area (Å²) in [6.45, 7) is 2.06. The molecule has 4 nitrogen and oxygen atoms in total. The minimum absolute atomic E-state index is 0.352. The van der Waals surface area contributed by atoms with Gasteiger partial charge in [0.05, 0.1) is 17.3 Å². The van der Waals surface area contributed by atoms with Crippen LogP contribution >= 0.6 is 0 Å². The average molecular weight is 266 g/mol. The Bertz CT molecular complexity index is 672. The Balaban J connectivity index is 2.17. The zero-order chi connectivity index (χ0) is 14.4. The molecule has 0 aliphatic rings. The maximum atomic E-state index is 8.86. The first-order valence-corrected chi connectivity index (χ1v) is 6.14. The van der Waals surface area contributed by atoms with Crippen LogP contribution in [0.2, 0.25) is 0 Å². The molecule has 0 aliphatic heterocycles. The highest BCUT2D eigenvalue weighted by atomic mass is 16.5. The third-order valence-corrected chi connectivity index (χ3v) is 2.88. The molecule has 0 saturated heterocycles. The fourth-order valence-electron chi connectivity index (χ4n) is 1.84. The standard InChI is InChI=1S/C16H14N2O2/c1-12(18-19)15-7-2-3-8-16(15)20-11-14-6-4-5-13(9-14)10-17/h2-9,19H,11H2,1H3/b18-12+. The Morgan fingerprint density at radius 2 is 2.05 bits per heavy atom. The lowest BCUT2D eigenvalue weighted by Crippen LogP contribution is -2.02. The normalized spacial score (nSPS) is 10.9. The van der Waals surface area contributed by atoms with Gasteiger partial charge in [0.25, 0.3) is 0 Å². The first kappa shape index (κ1) is 13.6. The van der Waals surface area contributed by atoms with Crippen LogP contribution in [0.1, 0.15) is 23.6 Å². The van der Waals surface area contributed by atoms with Gasteiger partial charge in [-0.3, -0.25) is 0 Å². The first-order chi connectivity index (χ1) is 9.74. The van der Waals surface area contributed by atoms with Gasteiger partial charge in [-0.15, -0.1) is 0 Å². The van der Waals surface area contributed by atoms with E-state index in [2.05, 4.69) is 11.2 Å². The van der Waals surface area contributed by atoms with Crippen LogP contribution in [-0.4, -0.2) is 10.9 Å². The van der Waals surface area contributed by atoms with E-state index in [1.54, 1.807) is 19.1 Å². The van der Waals surface area contributed by atoms with Crippen molar-refractivity contribution in [1.29, 1.82) is 5.26 Å². The van der Waals surface area contributed by atoms with Gasteiger partial charge in [-0.2, -0.15) is 5.26 Å². The SMILES string of the molecule is C/C(=N\O)c1ccccc1OCc1cccc(C#N)c1. The predicted octanol–water partition coefficient (Wildman–Crippen LogP) is 3.34. The molecule has 0 amide bonds. The van der Waals surface area contributed by atoms with Crippen molar-refractivity contribution >= 4 is 5.71 Å². The van der Waals surface area contributed by atoms with Crippen molar-refractivity contribution in [3.8, 4) is 11.8 Å². The topological polar surface area (TPSA) is 65.6 Å². The van der Waals surface area contributed by atoms with E-state index >= 15 is 0 Å². The number of hydrogen-bond acceptors (Lipinski definition) is 4. The molecule has 2 aromatic carbocycles. The molecule has 100 valence electrons. The van der Waals surface area contributed by atoms with Gasteiger partial charge < -0.3 is 9.94 Å². The number of nitrogens with zero attached hydrogens (tertiary/aromatic N) is 2. The van der Waals surface area contributed by atoms with Crippen LogP contribution < -0.4 is 4.74 Å². The summed E-state index contributed by atoms with van der Waals surface area (Å²) < 4.78 is 5.74. The van der Waals surface area contributed by atoms with Gasteiger partial charge in [-0.1, -0.05) is 29.4 Å². The van der Waals surface area contributed by atoms with E-state index in [0.29, 0.717) is 23.6 Å². The van der Waals surface area contributed by atoms with E-state index in [4.69, 9.17) is 15.2 Å². The fourth-order valence-corrected chi connectivity index (χ4v) is 1.84. The molecule has 2 rings (SSSR count). The summed E-state index contributed by atoms with van der Waals surface area (Å²) in [7, 11) is 0. The van der Waals surface area contributed by atoms with Crippen molar-refractivity contribution in [2.24, 2.45) is 5.16 Å². The van der Waals surface area contributed by atoms with Gasteiger partial charge in [-0.05, 0) is 36.8 Å². The Morgan fingerprint density at radius 1 is 1.25 bits per heavy atom. The summed E-state index contributed by atoms with van der Waals surface area (Å²) in [6, 6.07) is 16.7. The number of benzene rings is 2. The second kappa shape index (κ2) is 6.39. The zero-order valence-electron chi connectivity index (χ0n) is 11.1. The summed E-state index contributed by atoms with van der Waals surface area (Å²) in [4.78, 5) is 0. The molecule has 0 unspecified atom stereocenters.